The van der Waals surface area contributed by atoms with Gasteiger partial charge in [0.25, 0.3) is 0 Å². The van der Waals surface area contributed by atoms with E-state index in [1.807, 2.05) is 12.1 Å². The molecule has 1 aromatic heterocycles. The van der Waals surface area contributed by atoms with Crippen LogP contribution in [0.2, 0.25) is 0 Å². The third-order valence-electron chi connectivity index (χ3n) is 5.59. The third-order valence-corrected chi connectivity index (χ3v) is 5.59. The zero-order valence-electron chi connectivity index (χ0n) is 15.1. The van der Waals surface area contributed by atoms with E-state index in [9.17, 15) is 4.79 Å². The molecule has 1 amide bonds. The number of nitrogens with one attached hydrogen (secondary N) is 1. The van der Waals surface area contributed by atoms with E-state index in [-0.39, 0.29) is 0 Å². The molecule has 2 aliphatic rings. The van der Waals surface area contributed by atoms with Gasteiger partial charge in [-0.1, -0.05) is 25.3 Å². The van der Waals surface area contributed by atoms with Gasteiger partial charge in [0.2, 0.25) is 5.95 Å². The van der Waals surface area contributed by atoms with Crippen LogP contribution >= 0.6 is 0 Å². The quantitative estimate of drug-likeness (QED) is 0.882. The molecule has 26 heavy (non-hydrogen) atoms. The van der Waals surface area contributed by atoms with Gasteiger partial charge in [-0.2, -0.15) is 0 Å². The zero-order valence-corrected chi connectivity index (χ0v) is 15.1. The summed E-state index contributed by atoms with van der Waals surface area (Å²) in [6.45, 7) is 4.18. The van der Waals surface area contributed by atoms with Crippen molar-refractivity contribution in [3.63, 3.8) is 0 Å². The number of ether oxygens (including phenoxy) is 1. The van der Waals surface area contributed by atoms with Crippen molar-refractivity contribution in [2.24, 2.45) is 5.73 Å². The fourth-order valence-corrected chi connectivity index (χ4v) is 4.29. The third kappa shape index (κ3) is 3.62. The highest BCUT2D eigenvalue weighted by molar-refractivity contribution is 5.86. The van der Waals surface area contributed by atoms with Gasteiger partial charge in [0.05, 0.1) is 5.52 Å². The molecule has 0 atom stereocenters. The lowest BCUT2D eigenvalue weighted by molar-refractivity contribution is 0.166. The Morgan fingerprint density at radius 2 is 1.96 bits per heavy atom. The maximum absolute atomic E-state index is 11.1. The van der Waals surface area contributed by atoms with Crippen LogP contribution in [0, 0.1) is 0 Å². The maximum atomic E-state index is 11.1. The number of fused-ring (bicyclic) bond motifs is 1. The minimum absolute atomic E-state index is 0.399. The summed E-state index contributed by atoms with van der Waals surface area (Å²) in [5.41, 5.74) is 6.66. The lowest BCUT2D eigenvalue weighted by Crippen LogP contribution is -2.39. The van der Waals surface area contributed by atoms with Crippen LogP contribution in [0.15, 0.2) is 18.2 Å². The predicted molar refractivity (Wildman–Crippen MR) is 102 cm³/mol. The Morgan fingerprint density at radius 1 is 1.12 bits per heavy atom. The van der Waals surface area contributed by atoms with Gasteiger partial charge in [0, 0.05) is 32.2 Å². The van der Waals surface area contributed by atoms with Crippen molar-refractivity contribution < 1.29 is 9.53 Å². The van der Waals surface area contributed by atoms with Crippen LogP contribution in [-0.2, 0) is 0 Å². The summed E-state index contributed by atoms with van der Waals surface area (Å²) < 4.78 is 5.08. The second-order valence-corrected chi connectivity index (χ2v) is 7.30. The normalized spacial score (nSPS) is 20.2. The molecule has 1 aliphatic carbocycles. The standard InChI is InChI=1S/C19H27N5O2/c20-18(25)26-16-9-4-8-15-17(16)22-19(21-15)24-11-5-10-23(12-13-24)14-6-2-1-3-7-14/h4,8-9,14H,1-3,5-7,10-13H2,(H2,20,25)(H,21,22). The first-order chi connectivity index (χ1) is 12.7. The van der Waals surface area contributed by atoms with E-state index in [0.717, 1.165) is 50.1 Å². The largest absolute Gasteiger partial charge is 0.410 e. The van der Waals surface area contributed by atoms with Crippen molar-refractivity contribution >= 4 is 23.1 Å². The molecule has 0 radical (unpaired) electrons. The van der Waals surface area contributed by atoms with Gasteiger partial charge >= 0.3 is 6.09 Å². The van der Waals surface area contributed by atoms with Crippen molar-refractivity contribution in [2.75, 3.05) is 31.1 Å². The van der Waals surface area contributed by atoms with Crippen molar-refractivity contribution in [3.05, 3.63) is 18.2 Å². The fraction of sp³-hybridized carbons (Fsp3) is 0.579. The topological polar surface area (TPSA) is 87.5 Å². The number of aromatic amines is 1. The summed E-state index contributed by atoms with van der Waals surface area (Å²) in [4.78, 5) is 24.1. The Morgan fingerprint density at radius 3 is 2.77 bits per heavy atom. The molecule has 1 saturated carbocycles. The first-order valence-corrected chi connectivity index (χ1v) is 9.66. The lowest BCUT2D eigenvalue weighted by Gasteiger charge is -2.33. The fourth-order valence-electron chi connectivity index (χ4n) is 4.29. The van der Waals surface area contributed by atoms with E-state index >= 15 is 0 Å². The number of rotatable bonds is 3. The van der Waals surface area contributed by atoms with Crippen LogP contribution in [0.4, 0.5) is 10.7 Å². The van der Waals surface area contributed by atoms with E-state index < -0.39 is 6.09 Å². The summed E-state index contributed by atoms with van der Waals surface area (Å²) >= 11 is 0. The highest BCUT2D eigenvalue weighted by Crippen LogP contribution is 2.28. The monoisotopic (exact) mass is 357 g/mol. The minimum atomic E-state index is -0.819. The molecule has 4 rings (SSSR count). The SMILES string of the molecule is NC(=O)Oc1cccc2[nH]c(N3CCCN(C4CCCCC4)CC3)nc12. The number of imidazole rings is 1. The molecular formula is C19H27N5O2. The highest BCUT2D eigenvalue weighted by Gasteiger charge is 2.24. The maximum Gasteiger partial charge on any atom is 0.410 e. The molecule has 7 nitrogen and oxygen atoms in total. The van der Waals surface area contributed by atoms with Crippen LogP contribution < -0.4 is 15.4 Å². The molecule has 0 unspecified atom stereocenters. The molecule has 2 aromatic rings. The predicted octanol–water partition coefficient (Wildman–Crippen LogP) is 2.87. The number of para-hydroxylation sites is 1. The van der Waals surface area contributed by atoms with E-state index in [1.165, 1.54) is 32.1 Å². The summed E-state index contributed by atoms with van der Waals surface area (Å²) in [7, 11) is 0. The van der Waals surface area contributed by atoms with E-state index in [2.05, 4.69) is 19.8 Å². The molecule has 2 heterocycles. The minimum Gasteiger partial charge on any atom is -0.408 e. The average Bonchev–Trinajstić information content (AvgIpc) is 2.93. The average molecular weight is 357 g/mol. The number of anilines is 1. The zero-order chi connectivity index (χ0) is 17.9. The Kier molecular flexibility index (Phi) is 4.97. The van der Waals surface area contributed by atoms with Crippen LogP contribution in [0.3, 0.4) is 0 Å². The number of H-pyrrole nitrogens is 1. The van der Waals surface area contributed by atoms with Gasteiger partial charge in [0.15, 0.2) is 5.75 Å². The van der Waals surface area contributed by atoms with Gasteiger partial charge in [-0.3, -0.25) is 4.90 Å². The number of hydrogen-bond acceptors (Lipinski definition) is 5. The molecular weight excluding hydrogens is 330 g/mol. The van der Waals surface area contributed by atoms with E-state index in [0.29, 0.717) is 11.3 Å². The molecule has 0 spiro atoms. The number of nitrogens with two attached hydrogens (primary N) is 1. The van der Waals surface area contributed by atoms with Crippen LogP contribution in [-0.4, -0.2) is 53.2 Å². The number of carbonyl (C=O) groups excluding carboxylic acids is 1. The molecule has 3 N–H and O–H groups in total. The van der Waals surface area contributed by atoms with Gasteiger partial charge < -0.3 is 20.4 Å². The molecule has 1 aliphatic heterocycles. The Hall–Kier alpha value is -2.28. The molecule has 7 heteroatoms. The van der Waals surface area contributed by atoms with E-state index in [4.69, 9.17) is 10.5 Å². The Labute approximate surface area is 153 Å². The second kappa shape index (κ2) is 7.53. The summed E-state index contributed by atoms with van der Waals surface area (Å²) in [6.07, 6.45) is 7.15. The lowest BCUT2D eigenvalue weighted by atomic mass is 9.94. The number of hydrogen-bond donors (Lipinski definition) is 2. The number of carbonyl (C=O) groups is 1. The summed E-state index contributed by atoms with van der Waals surface area (Å²) in [5, 5.41) is 0. The smallest absolute Gasteiger partial charge is 0.408 e. The summed E-state index contributed by atoms with van der Waals surface area (Å²) in [6, 6.07) is 6.24. The molecule has 2 fully saturated rings. The number of nitrogens with zero attached hydrogens (tertiary/aromatic N) is 3. The number of benzene rings is 1. The number of amides is 1. The van der Waals surface area contributed by atoms with E-state index in [1.54, 1.807) is 6.07 Å². The number of aromatic nitrogens is 2. The molecule has 1 aromatic carbocycles. The Bertz CT molecular complexity index is 768. The number of primary amides is 1. The molecule has 1 saturated heterocycles. The first-order valence-electron chi connectivity index (χ1n) is 9.66. The Balaban J connectivity index is 1.49. The van der Waals surface area contributed by atoms with Crippen LogP contribution in [0.5, 0.6) is 5.75 Å². The molecule has 140 valence electrons. The highest BCUT2D eigenvalue weighted by atomic mass is 16.5. The van der Waals surface area contributed by atoms with Gasteiger partial charge in [-0.25, -0.2) is 9.78 Å². The van der Waals surface area contributed by atoms with Crippen LogP contribution in [0.25, 0.3) is 11.0 Å². The van der Waals surface area contributed by atoms with Crippen molar-refractivity contribution in [3.8, 4) is 5.75 Å². The van der Waals surface area contributed by atoms with Crippen molar-refractivity contribution in [1.29, 1.82) is 0 Å². The molecule has 0 bridgehead atoms. The second-order valence-electron chi connectivity index (χ2n) is 7.30. The van der Waals surface area contributed by atoms with Crippen molar-refractivity contribution in [2.45, 2.75) is 44.6 Å². The first kappa shape index (κ1) is 17.1. The van der Waals surface area contributed by atoms with Gasteiger partial charge in [-0.15, -0.1) is 0 Å². The van der Waals surface area contributed by atoms with Crippen molar-refractivity contribution in [1.82, 2.24) is 14.9 Å². The van der Waals surface area contributed by atoms with Gasteiger partial charge in [0.1, 0.15) is 5.52 Å². The van der Waals surface area contributed by atoms with Gasteiger partial charge in [-0.05, 0) is 31.4 Å². The van der Waals surface area contributed by atoms with Crippen LogP contribution in [0.1, 0.15) is 38.5 Å². The summed E-state index contributed by atoms with van der Waals surface area (Å²) in [5.74, 6) is 1.24.